The predicted molar refractivity (Wildman–Crippen MR) is 213 cm³/mol. The standard InChI is InChI=1S/C37H42Cl2N6O10P2/c1-24(36(48)52-3)42-56(50,54-28-12-7-5-8-13-28)44-20-18-27(19-21-44)40-35(47)34-26(22-32(46)33-30(38)16-11-17-31(33)39)23-45(41-34)57(51,43-25(2)37(49)53-4)55-29-14-9-6-10-15-29/h5-17,23-25,27H,18-22H2,1-4H3,(H,40,47)(H,42,50)(H,43,51)/t24-,25-,56?,57?/m0/s1. The van der Waals surface area contributed by atoms with E-state index in [0.29, 0.717) is 18.6 Å². The largest absolute Gasteiger partial charge is 0.468 e. The lowest BCUT2D eigenvalue weighted by molar-refractivity contribution is -0.143. The predicted octanol–water partition coefficient (Wildman–Crippen LogP) is 6.33. The Morgan fingerprint density at radius 3 is 1.77 bits per heavy atom. The summed E-state index contributed by atoms with van der Waals surface area (Å²) < 4.78 is 53.0. The first-order chi connectivity index (χ1) is 27.2. The van der Waals surface area contributed by atoms with Crippen molar-refractivity contribution in [3.8, 4) is 11.5 Å². The van der Waals surface area contributed by atoms with Crippen molar-refractivity contribution in [2.45, 2.75) is 51.2 Å². The Hall–Kier alpha value is -4.53. The zero-order chi connectivity index (χ0) is 41.3. The molecule has 2 unspecified atom stereocenters. The third-order valence-electron chi connectivity index (χ3n) is 8.80. The van der Waals surface area contributed by atoms with Crippen molar-refractivity contribution < 1.29 is 46.8 Å². The number of hydrogen-bond acceptors (Lipinski definition) is 11. The van der Waals surface area contributed by atoms with Gasteiger partial charge in [-0.3, -0.25) is 19.2 Å². The van der Waals surface area contributed by atoms with Crippen LogP contribution in [0.25, 0.3) is 0 Å². The number of hydrogen-bond donors (Lipinski definition) is 3. The lowest BCUT2D eigenvalue weighted by Crippen LogP contribution is -2.47. The molecular weight excluding hydrogens is 821 g/mol. The number of carbonyl (C=O) groups is 4. The molecule has 4 aromatic rings. The molecule has 304 valence electrons. The highest BCUT2D eigenvalue weighted by atomic mass is 35.5. The summed E-state index contributed by atoms with van der Waals surface area (Å²) in [6.07, 6.45) is 1.37. The molecule has 16 nitrogen and oxygen atoms in total. The van der Waals surface area contributed by atoms with E-state index in [2.05, 4.69) is 20.6 Å². The Balaban J connectivity index is 1.43. The minimum Gasteiger partial charge on any atom is -0.468 e. The van der Waals surface area contributed by atoms with Crippen LogP contribution >= 0.6 is 38.5 Å². The van der Waals surface area contributed by atoms with Gasteiger partial charge in [-0.15, -0.1) is 0 Å². The van der Waals surface area contributed by atoms with Gasteiger partial charge in [-0.25, -0.2) is 24.0 Å². The number of esters is 2. The van der Waals surface area contributed by atoms with Crippen LogP contribution in [-0.2, 0) is 34.6 Å². The van der Waals surface area contributed by atoms with E-state index in [4.69, 9.17) is 41.7 Å². The Bertz CT molecular complexity index is 2150. The zero-order valence-corrected chi connectivity index (χ0v) is 34.7. The number of para-hydroxylation sites is 2. The fourth-order valence-corrected chi connectivity index (χ4v) is 10.3. The molecule has 0 radical (unpaired) electrons. The number of carbonyl (C=O) groups excluding carboxylic acids is 4. The molecule has 1 aromatic heterocycles. The van der Waals surface area contributed by atoms with Crippen LogP contribution in [0, 0.1) is 0 Å². The molecule has 1 amide bonds. The van der Waals surface area contributed by atoms with Crippen LogP contribution in [-0.4, -0.2) is 83.3 Å². The minimum absolute atomic E-state index is 0.0192. The molecule has 0 spiro atoms. The van der Waals surface area contributed by atoms with Gasteiger partial charge in [0.15, 0.2) is 11.5 Å². The summed E-state index contributed by atoms with van der Waals surface area (Å²) in [7, 11) is -5.88. The number of Topliss-reactive ketones (excluding diaryl/α,β-unsaturated/α-hetero) is 1. The molecule has 3 aromatic carbocycles. The van der Waals surface area contributed by atoms with Gasteiger partial charge in [-0.05, 0) is 63.1 Å². The maximum absolute atomic E-state index is 14.7. The Morgan fingerprint density at radius 1 is 0.772 bits per heavy atom. The molecule has 20 heteroatoms. The molecule has 1 fully saturated rings. The number of nitrogens with zero attached hydrogens (tertiary/aromatic N) is 3. The summed E-state index contributed by atoms with van der Waals surface area (Å²) >= 11 is 12.7. The molecular formula is C37H42Cl2N6O10P2. The van der Waals surface area contributed by atoms with Gasteiger partial charge < -0.3 is 23.8 Å². The van der Waals surface area contributed by atoms with Gasteiger partial charge in [0.1, 0.15) is 23.6 Å². The van der Waals surface area contributed by atoms with E-state index >= 15 is 0 Å². The van der Waals surface area contributed by atoms with Crippen LogP contribution in [0.3, 0.4) is 0 Å². The maximum Gasteiger partial charge on any atom is 0.440 e. The molecule has 0 aliphatic carbocycles. The summed E-state index contributed by atoms with van der Waals surface area (Å²) in [5.41, 5.74) is -0.187. The average molecular weight is 864 g/mol. The number of methoxy groups -OCH3 is 2. The van der Waals surface area contributed by atoms with Crippen LogP contribution in [0.5, 0.6) is 11.5 Å². The lowest BCUT2D eigenvalue weighted by Gasteiger charge is -2.37. The number of ketones is 1. The van der Waals surface area contributed by atoms with E-state index in [1.165, 1.54) is 46.4 Å². The third-order valence-corrected chi connectivity index (χ3v) is 13.7. The maximum atomic E-state index is 14.7. The summed E-state index contributed by atoms with van der Waals surface area (Å²) in [6.45, 7) is 3.28. The fraction of sp³-hybridized carbons (Fsp3) is 0.324. The van der Waals surface area contributed by atoms with Crippen molar-refractivity contribution in [3.63, 3.8) is 0 Å². The van der Waals surface area contributed by atoms with E-state index in [9.17, 15) is 28.3 Å². The molecule has 1 aliphatic heterocycles. The van der Waals surface area contributed by atoms with Gasteiger partial charge in [0, 0.05) is 37.3 Å². The second-order valence-corrected chi connectivity index (χ2v) is 17.7. The molecule has 5 rings (SSSR count). The Labute approximate surface area is 339 Å². The van der Waals surface area contributed by atoms with Gasteiger partial charge in [0.05, 0.1) is 29.8 Å². The van der Waals surface area contributed by atoms with Gasteiger partial charge in [-0.1, -0.05) is 65.7 Å². The molecule has 3 N–H and O–H groups in total. The number of halogens is 2. The topological polar surface area (TPSA) is 196 Å². The smallest absolute Gasteiger partial charge is 0.440 e. The van der Waals surface area contributed by atoms with E-state index in [1.807, 2.05) is 0 Å². The quantitative estimate of drug-likeness (QED) is 0.0605. The molecule has 1 saturated heterocycles. The summed E-state index contributed by atoms with van der Waals surface area (Å²) in [4.78, 5) is 52.5. The number of piperidine rings is 1. The zero-order valence-electron chi connectivity index (χ0n) is 31.4. The second kappa shape index (κ2) is 19.3. The summed E-state index contributed by atoms with van der Waals surface area (Å²) in [6, 6.07) is 18.6. The van der Waals surface area contributed by atoms with Crippen molar-refractivity contribution in [1.29, 1.82) is 0 Å². The van der Waals surface area contributed by atoms with Gasteiger partial charge in [0.2, 0.25) is 0 Å². The molecule has 57 heavy (non-hydrogen) atoms. The first-order valence-corrected chi connectivity index (χ1v) is 21.6. The van der Waals surface area contributed by atoms with E-state index < -0.39 is 63.5 Å². The number of amides is 1. The molecule has 0 saturated carbocycles. The van der Waals surface area contributed by atoms with Gasteiger partial charge >= 0.3 is 27.3 Å². The van der Waals surface area contributed by atoms with Crippen molar-refractivity contribution in [3.05, 3.63) is 112 Å². The minimum atomic E-state index is -4.40. The van der Waals surface area contributed by atoms with Crippen LogP contribution in [0.2, 0.25) is 10.0 Å². The van der Waals surface area contributed by atoms with Gasteiger partial charge in [-0.2, -0.15) is 9.55 Å². The van der Waals surface area contributed by atoms with Crippen LogP contribution in [0.1, 0.15) is 53.1 Å². The van der Waals surface area contributed by atoms with E-state index in [1.54, 1.807) is 71.4 Å². The highest BCUT2D eigenvalue weighted by Gasteiger charge is 2.40. The molecule has 2 heterocycles. The normalized spacial score (nSPS) is 16.6. The number of nitrogens with one attached hydrogen (secondary N) is 3. The van der Waals surface area contributed by atoms with Crippen molar-refractivity contribution >= 4 is 62.2 Å². The number of rotatable bonds is 17. The van der Waals surface area contributed by atoms with Crippen molar-refractivity contribution in [1.82, 2.24) is 29.7 Å². The highest BCUT2D eigenvalue weighted by Crippen LogP contribution is 2.49. The van der Waals surface area contributed by atoms with Crippen LogP contribution in [0.15, 0.2) is 85.1 Å². The monoisotopic (exact) mass is 862 g/mol. The first-order valence-electron chi connectivity index (χ1n) is 17.7. The van der Waals surface area contributed by atoms with Crippen LogP contribution in [0.4, 0.5) is 0 Å². The SMILES string of the molecule is COC(=O)[C@H](C)NP(=O)(Oc1ccccc1)N1CCC(NC(=O)c2nn(P(=O)(N[C@@H](C)C(=O)OC)Oc3ccccc3)cc2CC(=O)c2c(Cl)cccc2Cl)CC1. The molecule has 0 bridgehead atoms. The number of aromatic nitrogens is 2. The van der Waals surface area contributed by atoms with E-state index in [0.717, 1.165) is 4.45 Å². The lowest BCUT2D eigenvalue weighted by atomic mass is 10.0. The molecule has 4 atom stereocenters. The second-order valence-electron chi connectivity index (χ2n) is 12.9. The number of benzene rings is 3. The summed E-state index contributed by atoms with van der Waals surface area (Å²) in [5.74, 6) is -2.17. The highest BCUT2D eigenvalue weighted by molar-refractivity contribution is 7.55. The third kappa shape index (κ3) is 10.9. The number of ether oxygens (including phenoxy) is 2. The van der Waals surface area contributed by atoms with Crippen molar-refractivity contribution in [2.24, 2.45) is 0 Å². The first kappa shape index (κ1) is 43.6. The molecule has 1 aliphatic rings. The fourth-order valence-electron chi connectivity index (χ4n) is 5.89. The average Bonchev–Trinajstić information content (AvgIpc) is 3.62. The Kier molecular flexibility index (Phi) is 14.7. The van der Waals surface area contributed by atoms with Gasteiger partial charge in [0.25, 0.3) is 5.91 Å². The van der Waals surface area contributed by atoms with E-state index in [-0.39, 0.29) is 45.7 Å². The van der Waals surface area contributed by atoms with Crippen LogP contribution < -0.4 is 24.5 Å². The Morgan fingerprint density at radius 2 is 1.26 bits per heavy atom. The summed E-state index contributed by atoms with van der Waals surface area (Å²) in [5, 5.41) is 13.0. The van der Waals surface area contributed by atoms with Crippen molar-refractivity contribution in [2.75, 3.05) is 27.3 Å².